The fourth-order valence-electron chi connectivity index (χ4n) is 2.42. The topological polar surface area (TPSA) is 49.3 Å². The summed E-state index contributed by atoms with van der Waals surface area (Å²) in [5, 5.41) is 12.5. The van der Waals surface area contributed by atoms with Gasteiger partial charge < -0.3 is 10.4 Å². The van der Waals surface area contributed by atoms with Gasteiger partial charge in [-0.15, -0.1) is 0 Å². The number of hydrogen-bond donors (Lipinski definition) is 2. The number of carboxylic acid groups (broad SMARTS) is 1. The first-order valence-electron chi connectivity index (χ1n) is 6.09. The van der Waals surface area contributed by atoms with Crippen LogP contribution in [0.4, 0.5) is 0 Å². The molecule has 3 heteroatoms. The zero-order valence-corrected chi connectivity index (χ0v) is 10.0. The zero-order chi connectivity index (χ0) is 11.5. The molecule has 2 atom stereocenters. The van der Waals surface area contributed by atoms with Gasteiger partial charge in [-0.05, 0) is 32.1 Å². The molecule has 0 heterocycles. The second-order valence-electron chi connectivity index (χ2n) is 4.61. The highest BCUT2D eigenvalue weighted by molar-refractivity contribution is 5.72. The van der Waals surface area contributed by atoms with E-state index in [0.717, 1.165) is 32.1 Å². The lowest BCUT2D eigenvalue weighted by Crippen LogP contribution is -2.57. The zero-order valence-electron chi connectivity index (χ0n) is 10.0. The van der Waals surface area contributed by atoms with Crippen molar-refractivity contribution in [2.24, 2.45) is 5.92 Å². The number of hydrogen-bond acceptors (Lipinski definition) is 2. The summed E-state index contributed by atoms with van der Waals surface area (Å²) in [5.41, 5.74) is 0.152. The Kier molecular flexibility index (Phi) is 4.14. The summed E-state index contributed by atoms with van der Waals surface area (Å²) >= 11 is 0. The van der Waals surface area contributed by atoms with E-state index in [1.807, 2.05) is 0 Å². The van der Waals surface area contributed by atoms with E-state index in [1.165, 1.54) is 0 Å². The van der Waals surface area contributed by atoms with Gasteiger partial charge in [-0.1, -0.05) is 20.8 Å². The highest BCUT2D eigenvalue weighted by Crippen LogP contribution is 2.32. The number of carboxylic acids is 1. The molecular formula is C12H23NO2. The summed E-state index contributed by atoms with van der Waals surface area (Å²) in [5.74, 6) is -0.801. The van der Waals surface area contributed by atoms with Crippen LogP contribution in [0.2, 0.25) is 0 Å². The van der Waals surface area contributed by atoms with Crippen LogP contribution in [-0.4, -0.2) is 22.7 Å². The van der Waals surface area contributed by atoms with Gasteiger partial charge in [-0.2, -0.15) is 0 Å². The molecule has 0 aromatic rings. The summed E-state index contributed by atoms with van der Waals surface area (Å²) < 4.78 is 0. The monoisotopic (exact) mass is 213 g/mol. The van der Waals surface area contributed by atoms with Crippen molar-refractivity contribution in [1.29, 1.82) is 0 Å². The Morgan fingerprint density at radius 1 is 1.27 bits per heavy atom. The highest BCUT2D eigenvalue weighted by Gasteiger charge is 2.40. The summed E-state index contributed by atoms with van der Waals surface area (Å²) in [6.07, 6.45) is 5.06. The van der Waals surface area contributed by atoms with E-state index in [0.29, 0.717) is 0 Å². The Morgan fingerprint density at radius 3 is 2.07 bits per heavy atom. The quantitative estimate of drug-likeness (QED) is 0.712. The van der Waals surface area contributed by atoms with Crippen LogP contribution in [0.25, 0.3) is 0 Å². The van der Waals surface area contributed by atoms with Crippen LogP contribution in [-0.2, 0) is 4.79 Å². The molecule has 0 aromatic carbocycles. The Hall–Kier alpha value is -0.570. The Labute approximate surface area is 92.3 Å². The van der Waals surface area contributed by atoms with E-state index in [-0.39, 0.29) is 17.5 Å². The van der Waals surface area contributed by atoms with Gasteiger partial charge in [0.1, 0.15) is 0 Å². The SMILES string of the molecule is CCC(CC)(CC)NC1CCC1C(=O)O. The van der Waals surface area contributed by atoms with Gasteiger partial charge in [-0.25, -0.2) is 0 Å². The summed E-state index contributed by atoms with van der Waals surface area (Å²) in [6.45, 7) is 6.53. The van der Waals surface area contributed by atoms with E-state index >= 15 is 0 Å². The molecule has 1 aliphatic rings. The minimum absolute atomic E-state index is 0.152. The molecule has 88 valence electrons. The molecule has 0 spiro atoms. The molecule has 2 unspecified atom stereocenters. The maximum absolute atomic E-state index is 10.9. The number of aliphatic carboxylic acids is 1. The fraction of sp³-hybridized carbons (Fsp3) is 0.917. The van der Waals surface area contributed by atoms with Crippen LogP contribution in [0.3, 0.4) is 0 Å². The predicted octanol–water partition coefficient (Wildman–Crippen LogP) is 2.41. The molecule has 1 saturated carbocycles. The van der Waals surface area contributed by atoms with E-state index in [4.69, 9.17) is 5.11 Å². The lowest BCUT2D eigenvalue weighted by Gasteiger charge is -2.43. The van der Waals surface area contributed by atoms with Gasteiger partial charge in [0.05, 0.1) is 5.92 Å². The smallest absolute Gasteiger partial charge is 0.308 e. The molecule has 3 nitrogen and oxygen atoms in total. The first kappa shape index (κ1) is 12.5. The Bertz CT molecular complexity index is 215. The van der Waals surface area contributed by atoms with E-state index in [1.54, 1.807) is 0 Å². The second kappa shape index (κ2) is 4.97. The molecule has 0 saturated heterocycles. The number of rotatable bonds is 6. The van der Waals surface area contributed by atoms with E-state index in [9.17, 15) is 4.79 Å². The largest absolute Gasteiger partial charge is 0.481 e. The molecule has 0 aliphatic heterocycles. The van der Waals surface area contributed by atoms with Crippen molar-refractivity contribution in [2.75, 3.05) is 0 Å². The Balaban J connectivity index is 2.55. The van der Waals surface area contributed by atoms with Gasteiger partial charge in [-0.3, -0.25) is 4.79 Å². The maximum atomic E-state index is 10.9. The van der Waals surface area contributed by atoms with Crippen LogP contribution in [0.1, 0.15) is 52.9 Å². The molecule has 0 radical (unpaired) electrons. The van der Waals surface area contributed by atoms with Crippen molar-refractivity contribution in [1.82, 2.24) is 5.32 Å². The lowest BCUT2D eigenvalue weighted by atomic mass is 9.76. The van der Waals surface area contributed by atoms with Crippen molar-refractivity contribution in [3.05, 3.63) is 0 Å². The van der Waals surface area contributed by atoms with Gasteiger partial charge in [0.15, 0.2) is 0 Å². The number of nitrogens with one attached hydrogen (secondary N) is 1. The fourth-order valence-corrected chi connectivity index (χ4v) is 2.42. The molecule has 1 aliphatic carbocycles. The summed E-state index contributed by atoms with van der Waals surface area (Å²) in [6, 6.07) is 0.197. The molecule has 0 aromatic heterocycles. The summed E-state index contributed by atoms with van der Waals surface area (Å²) in [4.78, 5) is 10.9. The van der Waals surface area contributed by atoms with E-state index in [2.05, 4.69) is 26.1 Å². The van der Waals surface area contributed by atoms with E-state index < -0.39 is 5.97 Å². The van der Waals surface area contributed by atoms with Crippen LogP contribution >= 0.6 is 0 Å². The number of carbonyl (C=O) groups is 1. The van der Waals surface area contributed by atoms with Crippen LogP contribution < -0.4 is 5.32 Å². The maximum Gasteiger partial charge on any atom is 0.308 e. The normalized spacial score (nSPS) is 26.1. The van der Waals surface area contributed by atoms with Crippen molar-refractivity contribution in [3.8, 4) is 0 Å². The molecule has 2 N–H and O–H groups in total. The third kappa shape index (κ3) is 2.51. The predicted molar refractivity (Wildman–Crippen MR) is 60.9 cm³/mol. The third-order valence-electron chi connectivity index (χ3n) is 4.11. The lowest BCUT2D eigenvalue weighted by molar-refractivity contribution is -0.146. The standard InChI is InChI=1S/C12H23NO2/c1-4-12(5-2,6-3)13-10-8-7-9(10)11(14)15/h9-10,13H,4-8H2,1-3H3,(H,14,15). The highest BCUT2D eigenvalue weighted by atomic mass is 16.4. The molecule has 0 amide bonds. The average molecular weight is 213 g/mol. The Morgan fingerprint density at radius 2 is 1.80 bits per heavy atom. The van der Waals surface area contributed by atoms with Crippen molar-refractivity contribution in [3.63, 3.8) is 0 Å². The third-order valence-corrected chi connectivity index (χ3v) is 4.11. The minimum atomic E-state index is -0.643. The van der Waals surface area contributed by atoms with Gasteiger partial charge in [0.25, 0.3) is 0 Å². The minimum Gasteiger partial charge on any atom is -0.481 e. The van der Waals surface area contributed by atoms with Crippen molar-refractivity contribution in [2.45, 2.75) is 64.5 Å². The molecule has 15 heavy (non-hydrogen) atoms. The van der Waals surface area contributed by atoms with Crippen molar-refractivity contribution >= 4 is 5.97 Å². The van der Waals surface area contributed by atoms with Crippen molar-refractivity contribution < 1.29 is 9.90 Å². The van der Waals surface area contributed by atoms with Crippen LogP contribution in [0, 0.1) is 5.92 Å². The van der Waals surface area contributed by atoms with Gasteiger partial charge in [0, 0.05) is 11.6 Å². The first-order valence-corrected chi connectivity index (χ1v) is 6.09. The molecule has 1 rings (SSSR count). The van der Waals surface area contributed by atoms with Crippen LogP contribution in [0.5, 0.6) is 0 Å². The van der Waals surface area contributed by atoms with Crippen LogP contribution in [0.15, 0.2) is 0 Å². The second-order valence-corrected chi connectivity index (χ2v) is 4.61. The average Bonchev–Trinajstić information content (AvgIpc) is 2.18. The van der Waals surface area contributed by atoms with Gasteiger partial charge >= 0.3 is 5.97 Å². The first-order chi connectivity index (χ1) is 7.08. The molecule has 1 fully saturated rings. The molecular weight excluding hydrogens is 190 g/mol. The molecule has 0 bridgehead atoms. The van der Waals surface area contributed by atoms with Gasteiger partial charge in [0.2, 0.25) is 0 Å². The summed E-state index contributed by atoms with van der Waals surface area (Å²) in [7, 11) is 0.